The van der Waals surface area contributed by atoms with Gasteiger partial charge < -0.3 is 10.6 Å². The molecular formula is C14H16N2O2. The van der Waals surface area contributed by atoms with E-state index in [0.29, 0.717) is 13.0 Å². The van der Waals surface area contributed by atoms with Crippen molar-refractivity contribution in [1.82, 2.24) is 5.32 Å². The zero-order chi connectivity index (χ0) is 13.0. The predicted octanol–water partition coefficient (Wildman–Crippen LogP) is 1.72. The van der Waals surface area contributed by atoms with E-state index in [0.717, 1.165) is 23.2 Å². The van der Waals surface area contributed by atoms with Gasteiger partial charge in [0.15, 0.2) is 0 Å². The molecule has 1 aromatic rings. The molecule has 1 aliphatic heterocycles. The van der Waals surface area contributed by atoms with Crippen molar-refractivity contribution in [3.63, 3.8) is 0 Å². The van der Waals surface area contributed by atoms with Crippen molar-refractivity contribution in [2.24, 2.45) is 0 Å². The van der Waals surface area contributed by atoms with Crippen LogP contribution in [-0.4, -0.2) is 18.4 Å². The molecule has 0 radical (unpaired) electrons. The summed E-state index contributed by atoms with van der Waals surface area (Å²) in [4.78, 5) is 21.9. The molecule has 0 saturated heterocycles. The topological polar surface area (TPSA) is 58.2 Å². The average Bonchev–Trinajstić information content (AvgIpc) is 2.67. The molecule has 0 saturated carbocycles. The molecule has 1 heterocycles. The minimum Gasteiger partial charge on any atom is -0.356 e. The largest absolute Gasteiger partial charge is 0.356 e. The minimum absolute atomic E-state index is 0.00878. The second-order valence-electron chi connectivity index (χ2n) is 4.32. The van der Waals surface area contributed by atoms with Crippen LogP contribution in [-0.2, 0) is 16.0 Å². The summed E-state index contributed by atoms with van der Waals surface area (Å²) in [5, 5.41) is 5.54. The van der Waals surface area contributed by atoms with E-state index >= 15 is 0 Å². The number of rotatable bonds is 4. The van der Waals surface area contributed by atoms with Crippen molar-refractivity contribution in [3.8, 4) is 0 Å². The molecule has 4 heteroatoms. The number of hydrogen-bond acceptors (Lipinski definition) is 2. The summed E-state index contributed by atoms with van der Waals surface area (Å²) >= 11 is 0. The second kappa shape index (κ2) is 5.49. The van der Waals surface area contributed by atoms with Gasteiger partial charge >= 0.3 is 0 Å². The summed E-state index contributed by atoms with van der Waals surface area (Å²) in [6.45, 7) is 2.16. The molecule has 0 aromatic heterocycles. The van der Waals surface area contributed by atoms with Crippen molar-refractivity contribution >= 4 is 23.6 Å². The Hall–Kier alpha value is -2.10. The Balaban J connectivity index is 1.91. The van der Waals surface area contributed by atoms with E-state index in [1.165, 1.54) is 6.92 Å². The molecule has 0 spiro atoms. The number of nitrogens with one attached hydrogen (secondary N) is 2. The van der Waals surface area contributed by atoms with E-state index in [4.69, 9.17) is 0 Å². The average molecular weight is 244 g/mol. The number of carbonyl (C=O) groups excluding carboxylic acids is 2. The van der Waals surface area contributed by atoms with Crippen molar-refractivity contribution in [1.29, 1.82) is 0 Å². The smallest absolute Gasteiger partial charge is 0.228 e. The monoisotopic (exact) mass is 244 g/mol. The Labute approximate surface area is 106 Å². The van der Waals surface area contributed by atoms with Crippen LogP contribution in [0.3, 0.4) is 0 Å². The van der Waals surface area contributed by atoms with E-state index in [1.807, 2.05) is 30.4 Å². The van der Waals surface area contributed by atoms with Crippen LogP contribution in [0.2, 0.25) is 0 Å². The van der Waals surface area contributed by atoms with Crippen molar-refractivity contribution in [2.75, 3.05) is 11.9 Å². The van der Waals surface area contributed by atoms with Crippen LogP contribution in [0.1, 0.15) is 24.5 Å². The summed E-state index contributed by atoms with van der Waals surface area (Å²) in [6, 6.07) is 5.91. The molecule has 0 unspecified atom stereocenters. The van der Waals surface area contributed by atoms with Crippen molar-refractivity contribution in [3.05, 3.63) is 35.4 Å². The molecule has 4 nitrogen and oxygen atoms in total. The van der Waals surface area contributed by atoms with Gasteiger partial charge in [0.2, 0.25) is 11.8 Å². The first-order valence-corrected chi connectivity index (χ1v) is 5.99. The highest BCUT2D eigenvalue weighted by Gasteiger charge is 2.16. The van der Waals surface area contributed by atoms with Crippen LogP contribution in [0.25, 0.3) is 6.08 Å². The van der Waals surface area contributed by atoms with Gasteiger partial charge in [-0.25, -0.2) is 0 Å². The lowest BCUT2D eigenvalue weighted by Crippen LogP contribution is -2.20. The quantitative estimate of drug-likeness (QED) is 0.792. The number of hydrogen-bond donors (Lipinski definition) is 2. The zero-order valence-electron chi connectivity index (χ0n) is 10.3. The van der Waals surface area contributed by atoms with E-state index in [2.05, 4.69) is 10.6 Å². The molecule has 0 bridgehead atoms. The molecule has 0 atom stereocenters. The van der Waals surface area contributed by atoms with E-state index < -0.39 is 0 Å². The van der Waals surface area contributed by atoms with Gasteiger partial charge in [-0.3, -0.25) is 9.59 Å². The van der Waals surface area contributed by atoms with Gasteiger partial charge in [0.25, 0.3) is 0 Å². The Bertz CT molecular complexity index is 507. The van der Waals surface area contributed by atoms with Crippen LogP contribution in [0.5, 0.6) is 0 Å². The molecule has 2 N–H and O–H groups in total. The molecule has 0 aliphatic carbocycles. The Morgan fingerprint density at radius 3 is 3.11 bits per heavy atom. The Kier molecular flexibility index (Phi) is 3.77. The fourth-order valence-electron chi connectivity index (χ4n) is 1.90. The molecule has 1 aromatic carbocycles. The molecular weight excluding hydrogens is 228 g/mol. The Morgan fingerprint density at radius 2 is 2.33 bits per heavy atom. The standard InChI is InChI=1S/C14H16N2O2/c1-10(17)15-7-3-2-4-11-5-6-13-12(8-11)9-14(18)16-13/h2,4-6,8H,3,7,9H2,1H3,(H,15,17)(H,16,18). The van der Waals surface area contributed by atoms with Gasteiger partial charge in [-0.15, -0.1) is 0 Å². The SMILES string of the molecule is CC(=O)NCCC=Cc1ccc2c(c1)CC(=O)N2. The maximum Gasteiger partial charge on any atom is 0.228 e. The van der Waals surface area contributed by atoms with Crippen LogP contribution < -0.4 is 10.6 Å². The van der Waals surface area contributed by atoms with Gasteiger partial charge in [0, 0.05) is 19.2 Å². The second-order valence-corrected chi connectivity index (χ2v) is 4.32. The van der Waals surface area contributed by atoms with Crippen LogP contribution in [0.4, 0.5) is 5.69 Å². The van der Waals surface area contributed by atoms with Crippen molar-refractivity contribution in [2.45, 2.75) is 19.8 Å². The molecule has 94 valence electrons. The maximum atomic E-state index is 11.2. The number of anilines is 1. The highest BCUT2D eigenvalue weighted by Crippen LogP contribution is 2.24. The first kappa shape index (κ1) is 12.4. The molecule has 18 heavy (non-hydrogen) atoms. The summed E-state index contributed by atoms with van der Waals surface area (Å²) in [7, 11) is 0. The predicted molar refractivity (Wildman–Crippen MR) is 71.1 cm³/mol. The summed E-state index contributed by atoms with van der Waals surface area (Å²) in [5.41, 5.74) is 3.03. The first-order chi connectivity index (χ1) is 8.65. The number of carbonyl (C=O) groups is 2. The van der Waals surface area contributed by atoms with Gasteiger partial charge in [-0.2, -0.15) is 0 Å². The lowest BCUT2D eigenvalue weighted by molar-refractivity contribution is -0.119. The van der Waals surface area contributed by atoms with E-state index in [1.54, 1.807) is 0 Å². The fourth-order valence-corrected chi connectivity index (χ4v) is 1.90. The third kappa shape index (κ3) is 3.20. The molecule has 1 aliphatic rings. The zero-order valence-corrected chi connectivity index (χ0v) is 10.3. The maximum absolute atomic E-state index is 11.2. The summed E-state index contributed by atoms with van der Waals surface area (Å²) < 4.78 is 0. The van der Waals surface area contributed by atoms with E-state index in [9.17, 15) is 9.59 Å². The molecule has 2 rings (SSSR count). The normalized spacial score (nSPS) is 13.5. The number of amides is 2. The lowest BCUT2D eigenvalue weighted by Gasteiger charge is -2.00. The highest BCUT2D eigenvalue weighted by atomic mass is 16.2. The van der Waals surface area contributed by atoms with Gasteiger partial charge in [-0.05, 0) is 29.7 Å². The molecule has 2 amide bonds. The summed E-state index contributed by atoms with van der Waals surface area (Å²) in [5.74, 6) is 0.0438. The number of fused-ring (bicyclic) bond motifs is 1. The van der Waals surface area contributed by atoms with E-state index in [-0.39, 0.29) is 11.8 Å². The van der Waals surface area contributed by atoms with Crippen molar-refractivity contribution < 1.29 is 9.59 Å². The summed E-state index contributed by atoms with van der Waals surface area (Å²) in [6.07, 6.45) is 5.28. The van der Waals surface area contributed by atoms with Gasteiger partial charge in [0.1, 0.15) is 0 Å². The lowest BCUT2D eigenvalue weighted by atomic mass is 10.1. The Morgan fingerprint density at radius 1 is 1.50 bits per heavy atom. The van der Waals surface area contributed by atoms with Crippen LogP contribution in [0.15, 0.2) is 24.3 Å². The number of benzene rings is 1. The third-order valence-corrected chi connectivity index (χ3v) is 2.75. The van der Waals surface area contributed by atoms with Gasteiger partial charge in [-0.1, -0.05) is 18.2 Å². The van der Waals surface area contributed by atoms with Crippen LogP contribution >= 0.6 is 0 Å². The fraction of sp³-hybridized carbons (Fsp3) is 0.286. The molecule has 0 fully saturated rings. The first-order valence-electron chi connectivity index (χ1n) is 5.99. The van der Waals surface area contributed by atoms with Crippen LogP contribution in [0, 0.1) is 0 Å². The minimum atomic E-state index is -0.00878. The van der Waals surface area contributed by atoms with Gasteiger partial charge in [0.05, 0.1) is 6.42 Å². The highest BCUT2D eigenvalue weighted by molar-refractivity contribution is 5.99. The third-order valence-electron chi connectivity index (χ3n) is 2.75.